The molecule has 0 spiro atoms. The molecule has 110 valence electrons. The van der Waals surface area contributed by atoms with Crippen molar-refractivity contribution in [3.05, 3.63) is 24.3 Å². The molecule has 1 amide bonds. The predicted octanol–water partition coefficient (Wildman–Crippen LogP) is 0.594. The third-order valence-electron chi connectivity index (χ3n) is 3.41. The normalized spacial score (nSPS) is 19.4. The molecule has 6 nitrogen and oxygen atoms in total. The molecular formula is C13H18N2O4S. The zero-order valence-electron chi connectivity index (χ0n) is 11.7. The number of hydrogen-bond donors (Lipinski definition) is 1. The van der Waals surface area contributed by atoms with Crippen molar-refractivity contribution < 1.29 is 17.9 Å². The molecule has 1 aliphatic heterocycles. The second kappa shape index (κ2) is 5.06. The highest BCUT2D eigenvalue weighted by atomic mass is 32.2. The van der Waals surface area contributed by atoms with Crippen LogP contribution in [0.25, 0.3) is 0 Å². The number of nitrogens with zero attached hydrogens (tertiary/aromatic N) is 1. The third-order valence-corrected chi connectivity index (χ3v) is 5.48. The van der Waals surface area contributed by atoms with Crippen LogP contribution in [0.2, 0.25) is 0 Å². The molecule has 2 rings (SSSR count). The first-order valence-electron chi connectivity index (χ1n) is 6.25. The Morgan fingerprint density at radius 1 is 1.35 bits per heavy atom. The number of rotatable bonds is 3. The number of hydrogen-bond acceptors (Lipinski definition) is 4. The maximum absolute atomic E-state index is 12.7. The molecule has 1 aromatic rings. The number of carbonyl (C=O) groups is 1. The molecule has 0 unspecified atom stereocenters. The summed E-state index contributed by atoms with van der Waals surface area (Å²) in [5.41, 5.74) is -1.11. The average Bonchev–Trinajstić information content (AvgIpc) is 2.41. The topological polar surface area (TPSA) is 75.7 Å². The summed E-state index contributed by atoms with van der Waals surface area (Å²) in [7, 11) is -2.27. The predicted molar refractivity (Wildman–Crippen MR) is 74.0 cm³/mol. The quantitative estimate of drug-likeness (QED) is 0.886. The van der Waals surface area contributed by atoms with E-state index >= 15 is 0 Å². The molecule has 1 aliphatic rings. The van der Waals surface area contributed by atoms with E-state index in [0.29, 0.717) is 12.3 Å². The smallest absolute Gasteiger partial charge is 0.244 e. The van der Waals surface area contributed by atoms with Crippen LogP contribution in [0.15, 0.2) is 29.2 Å². The first-order valence-corrected chi connectivity index (χ1v) is 7.69. The Labute approximate surface area is 118 Å². The molecule has 0 atom stereocenters. The molecule has 0 aliphatic carbocycles. The summed E-state index contributed by atoms with van der Waals surface area (Å²) >= 11 is 0. The average molecular weight is 298 g/mol. The van der Waals surface area contributed by atoms with Crippen LogP contribution < -0.4 is 10.1 Å². The lowest BCUT2D eigenvalue weighted by Crippen LogP contribution is -2.63. The fourth-order valence-corrected chi connectivity index (χ4v) is 3.98. The van der Waals surface area contributed by atoms with Gasteiger partial charge >= 0.3 is 0 Å². The van der Waals surface area contributed by atoms with Gasteiger partial charge in [-0.3, -0.25) is 4.79 Å². The molecule has 0 radical (unpaired) electrons. The first kappa shape index (κ1) is 14.8. The van der Waals surface area contributed by atoms with Gasteiger partial charge in [0.1, 0.15) is 11.3 Å². The van der Waals surface area contributed by atoms with Crippen LogP contribution in [0, 0.1) is 0 Å². The van der Waals surface area contributed by atoms with E-state index in [2.05, 4.69) is 5.32 Å². The van der Waals surface area contributed by atoms with E-state index in [1.54, 1.807) is 26.0 Å². The summed E-state index contributed by atoms with van der Waals surface area (Å²) in [6.45, 7) is 3.75. The molecule has 1 fully saturated rings. The maximum Gasteiger partial charge on any atom is 0.244 e. The van der Waals surface area contributed by atoms with Gasteiger partial charge in [0.15, 0.2) is 0 Å². The Morgan fingerprint density at radius 2 is 2.05 bits per heavy atom. The standard InChI is InChI=1S/C13H18N2O4S/c1-13(2)12(16)14-7-8-15(13)20(17,18)11-6-4-5-10(9-11)19-3/h4-6,9H,7-8H2,1-3H3,(H,14,16). The molecule has 20 heavy (non-hydrogen) atoms. The lowest BCUT2D eigenvalue weighted by atomic mass is 10.0. The minimum Gasteiger partial charge on any atom is -0.497 e. The van der Waals surface area contributed by atoms with E-state index < -0.39 is 15.6 Å². The van der Waals surface area contributed by atoms with Crippen LogP contribution in [-0.4, -0.2) is 44.4 Å². The summed E-state index contributed by atoms with van der Waals surface area (Å²) in [5.74, 6) is 0.167. The molecular weight excluding hydrogens is 280 g/mol. The van der Waals surface area contributed by atoms with Crippen LogP contribution in [0.4, 0.5) is 0 Å². The van der Waals surface area contributed by atoms with Crippen LogP contribution >= 0.6 is 0 Å². The number of piperazine rings is 1. The van der Waals surface area contributed by atoms with Crippen LogP contribution in [0.1, 0.15) is 13.8 Å². The Hall–Kier alpha value is -1.60. The Kier molecular flexibility index (Phi) is 3.75. The van der Waals surface area contributed by atoms with Gasteiger partial charge in [0.2, 0.25) is 15.9 Å². The highest BCUT2D eigenvalue weighted by molar-refractivity contribution is 7.89. The summed E-state index contributed by atoms with van der Waals surface area (Å²) in [5, 5.41) is 2.68. The van der Waals surface area contributed by atoms with Crippen molar-refractivity contribution in [2.75, 3.05) is 20.2 Å². The Morgan fingerprint density at radius 3 is 2.70 bits per heavy atom. The van der Waals surface area contributed by atoms with Crippen molar-refractivity contribution in [1.29, 1.82) is 0 Å². The summed E-state index contributed by atoms with van der Waals surface area (Å²) < 4.78 is 31.7. The molecule has 0 bridgehead atoms. The minimum absolute atomic E-state index is 0.125. The van der Waals surface area contributed by atoms with Gasteiger partial charge in [-0.15, -0.1) is 0 Å². The van der Waals surface area contributed by atoms with Gasteiger partial charge in [0.25, 0.3) is 0 Å². The number of amides is 1. The van der Waals surface area contributed by atoms with Crippen molar-refractivity contribution in [2.45, 2.75) is 24.3 Å². The Balaban J connectivity index is 2.46. The highest BCUT2D eigenvalue weighted by Gasteiger charge is 2.44. The summed E-state index contributed by atoms with van der Waals surface area (Å²) in [6, 6.07) is 6.24. The molecule has 0 saturated carbocycles. The van der Waals surface area contributed by atoms with Gasteiger partial charge in [0, 0.05) is 19.2 Å². The molecule has 1 heterocycles. The van der Waals surface area contributed by atoms with Crippen molar-refractivity contribution in [3.63, 3.8) is 0 Å². The number of sulfonamides is 1. The second-order valence-electron chi connectivity index (χ2n) is 5.07. The first-order chi connectivity index (χ1) is 9.30. The number of nitrogens with one attached hydrogen (secondary N) is 1. The highest BCUT2D eigenvalue weighted by Crippen LogP contribution is 2.28. The van der Waals surface area contributed by atoms with Crippen LogP contribution in [0.3, 0.4) is 0 Å². The van der Waals surface area contributed by atoms with E-state index in [-0.39, 0.29) is 17.3 Å². The SMILES string of the molecule is COc1cccc(S(=O)(=O)N2CCNC(=O)C2(C)C)c1. The van der Waals surface area contributed by atoms with Gasteiger partial charge in [-0.25, -0.2) is 8.42 Å². The fraction of sp³-hybridized carbons (Fsp3) is 0.462. The van der Waals surface area contributed by atoms with Gasteiger partial charge in [-0.2, -0.15) is 4.31 Å². The summed E-state index contributed by atoms with van der Waals surface area (Å²) in [4.78, 5) is 12.0. The van der Waals surface area contributed by atoms with E-state index in [0.717, 1.165) is 0 Å². The zero-order chi connectivity index (χ0) is 15.0. The van der Waals surface area contributed by atoms with Crippen LogP contribution in [0.5, 0.6) is 5.75 Å². The van der Waals surface area contributed by atoms with Crippen molar-refractivity contribution in [3.8, 4) is 5.75 Å². The fourth-order valence-electron chi connectivity index (χ4n) is 2.19. The Bertz CT molecular complexity index is 625. The molecule has 0 aromatic heterocycles. The van der Waals surface area contributed by atoms with Gasteiger partial charge in [-0.1, -0.05) is 6.07 Å². The van der Waals surface area contributed by atoms with E-state index in [9.17, 15) is 13.2 Å². The minimum atomic E-state index is -3.74. The summed E-state index contributed by atoms with van der Waals surface area (Å²) in [6.07, 6.45) is 0. The van der Waals surface area contributed by atoms with E-state index in [4.69, 9.17) is 4.74 Å². The van der Waals surface area contributed by atoms with Gasteiger partial charge < -0.3 is 10.1 Å². The van der Waals surface area contributed by atoms with Crippen molar-refractivity contribution in [1.82, 2.24) is 9.62 Å². The van der Waals surface area contributed by atoms with Crippen molar-refractivity contribution in [2.24, 2.45) is 0 Å². The third kappa shape index (κ3) is 2.38. The lowest BCUT2D eigenvalue weighted by molar-refractivity contribution is -0.131. The monoisotopic (exact) mass is 298 g/mol. The number of methoxy groups -OCH3 is 1. The lowest BCUT2D eigenvalue weighted by Gasteiger charge is -2.39. The van der Waals surface area contributed by atoms with E-state index in [1.165, 1.54) is 23.5 Å². The van der Waals surface area contributed by atoms with Gasteiger partial charge in [-0.05, 0) is 26.0 Å². The van der Waals surface area contributed by atoms with Crippen molar-refractivity contribution >= 4 is 15.9 Å². The van der Waals surface area contributed by atoms with Crippen LogP contribution in [-0.2, 0) is 14.8 Å². The zero-order valence-corrected chi connectivity index (χ0v) is 12.5. The van der Waals surface area contributed by atoms with Gasteiger partial charge in [0.05, 0.1) is 12.0 Å². The number of benzene rings is 1. The maximum atomic E-state index is 12.7. The second-order valence-corrected chi connectivity index (χ2v) is 6.93. The van der Waals surface area contributed by atoms with E-state index in [1.807, 2.05) is 0 Å². The molecule has 1 aromatic carbocycles. The largest absolute Gasteiger partial charge is 0.497 e. The molecule has 1 saturated heterocycles. The molecule has 7 heteroatoms. The number of ether oxygens (including phenoxy) is 1. The number of carbonyl (C=O) groups excluding carboxylic acids is 1. The molecule has 1 N–H and O–H groups in total.